The lowest BCUT2D eigenvalue weighted by Gasteiger charge is -2.14. The monoisotopic (exact) mass is 310 g/mol. The zero-order chi connectivity index (χ0) is 14.5. The van der Waals surface area contributed by atoms with E-state index >= 15 is 0 Å². The number of carbonyl (C=O) groups excluding carboxylic acids is 1. The van der Waals surface area contributed by atoms with E-state index in [1.165, 1.54) is 11.3 Å². The van der Waals surface area contributed by atoms with Crippen molar-refractivity contribution in [3.8, 4) is 5.75 Å². The molecule has 1 aromatic heterocycles. The molecule has 20 heavy (non-hydrogen) atoms. The second kappa shape index (κ2) is 6.74. The van der Waals surface area contributed by atoms with Crippen molar-refractivity contribution in [2.75, 3.05) is 11.9 Å². The fourth-order valence-corrected chi connectivity index (χ4v) is 2.59. The van der Waals surface area contributed by atoms with Gasteiger partial charge in [-0.25, -0.2) is 0 Å². The number of ether oxygens (including phenoxy) is 1. The Labute approximate surface area is 126 Å². The lowest BCUT2D eigenvalue weighted by atomic mass is 10.2. The lowest BCUT2D eigenvalue weighted by Crippen LogP contribution is -2.27. The van der Waals surface area contributed by atoms with Crippen LogP contribution in [0.3, 0.4) is 0 Å². The fourth-order valence-electron chi connectivity index (χ4n) is 1.69. The summed E-state index contributed by atoms with van der Waals surface area (Å²) in [4.78, 5) is 13.0. The molecular weight excluding hydrogens is 296 g/mol. The molecule has 0 saturated carbocycles. The minimum atomic E-state index is -0.705. The molecule has 0 aliphatic rings. The number of rotatable bonds is 5. The average molecular weight is 311 g/mol. The highest BCUT2D eigenvalue weighted by molar-refractivity contribution is 7.10. The summed E-state index contributed by atoms with van der Waals surface area (Å²) < 4.78 is 5.45. The van der Waals surface area contributed by atoms with Gasteiger partial charge >= 0.3 is 0 Å². The van der Waals surface area contributed by atoms with Gasteiger partial charge in [-0.2, -0.15) is 0 Å². The van der Waals surface area contributed by atoms with E-state index in [0.717, 1.165) is 4.88 Å². The Morgan fingerprint density at radius 3 is 2.95 bits per heavy atom. The van der Waals surface area contributed by atoms with Crippen molar-refractivity contribution in [2.45, 2.75) is 13.0 Å². The van der Waals surface area contributed by atoms with Crippen LogP contribution in [0.4, 0.5) is 5.69 Å². The summed E-state index contributed by atoms with van der Waals surface area (Å²) in [5.74, 6) is 0.277. The van der Waals surface area contributed by atoms with E-state index in [9.17, 15) is 4.79 Å². The summed E-state index contributed by atoms with van der Waals surface area (Å²) in [6, 6.07) is 8.06. The number of nitrogens with one attached hydrogen (secondary N) is 1. The van der Waals surface area contributed by atoms with Gasteiger partial charge in [0.2, 0.25) is 5.91 Å². The standard InChI is InChI=1S/C14H15ClN2O2S/c1-2-19-11-6-5-9(15)8-10(11)17-14(18)13(16)12-4-3-7-20-12/h3-8,13H,2,16H2,1H3,(H,17,18). The van der Waals surface area contributed by atoms with Crippen molar-refractivity contribution in [3.63, 3.8) is 0 Å². The Hall–Kier alpha value is -1.56. The maximum atomic E-state index is 12.2. The number of nitrogens with two attached hydrogens (primary N) is 1. The van der Waals surface area contributed by atoms with Gasteiger partial charge in [-0.1, -0.05) is 17.7 Å². The van der Waals surface area contributed by atoms with Gasteiger partial charge in [0.1, 0.15) is 11.8 Å². The van der Waals surface area contributed by atoms with Crippen LogP contribution in [0, 0.1) is 0 Å². The molecule has 3 N–H and O–H groups in total. The molecule has 0 fully saturated rings. The molecule has 1 unspecified atom stereocenters. The fraction of sp³-hybridized carbons (Fsp3) is 0.214. The highest BCUT2D eigenvalue weighted by atomic mass is 35.5. The summed E-state index contributed by atoms with van der Waals surface area (Å²) in [5.41, 5.74) is 6.44. The Kier molecular flexibility index (Phi) is 5.00. The molecule has 0 bridgehead atoms. The first-order valence-electron chi connectivity index (χ1n) is 6.14. The van der Waals surface area contributed by atoms with Crippen LogP contribution in [0.15, 0.2) is 35.7 Å². The molecule has 1 heterocycles. The van der Waals surface area contributed by atoms with E-state index in [0.29, 0.717) is 23.1 Å². The van der Waals surface area contributed by atoms with Crippen LogP contribution in [0.25, 0.3) is 0 Å². The first-order chi connectivity index (χ1) is 9.61. The van der Waals surface area contributed by atoms with Crippen LogP contribution in [0.2, 0.25) is 5.02 Å². The molecule has 1 atom stereocenters. The molecule has 1 amide bonds. The van der Waals surface area contributed by atoms with Crippen LogP contribution in [-0.4, -0.2) is 12.5 Å². The summed E-state index contributed by atoms with van der Waals surface area (Å²) >= 11 is 7.39. The molecule has 0 saturated heterocycles. The van der Waals surface area contributed by atoms with E-state index in [1.54, 1.807) is 18.2 Å². The Bertz CT molecular complexity index is 587. The van der Waals surface area contributed by atoms with Gasteiger partial charge in [0.25, 0.3) is 0 Å². The molecule has 6 heteroatoms. The average Bonchev–Trinajstić information content (AvgIpc) is 2.95. The SMILES string of the molecule is CCOc1ccc(Cl)cc1NC(=O)C(N)c1cccs1. The van der Waals surface area contributed by atoms with Crippen molar-refractivity contribution in [1.29, 1.82) is 0 Å². The number of halogens is 1. The first kappa shape index (κ1) is 14.8. The molecule has 106 valence electrons. The smallest absolute Gasteiger partial charge is 0.246 e. The third-order valence-corrected chi connectivity index (χ3v) is 3.82. The van der Waals surface area contributed by atoms with Gasteiger partial charge in [0.05, 0.1) is 12.3 Å². The molecule has 2 aromatic rings. The minimum Gasteiger partial charge on any atom is -0.492 e. The normalized spacial score (nSPS) is 11.9. The van der Waals surface area contributed by atoms with Crippen LogP contribution in [0.1, 0.15) is 17.8 Å². The predicted molar refractivity (Wildman–Crippen MR) is 82.5 cm³/mol. The van der Waals surface area contributed by atoms with Gasteiger partial charge < -0.3 is 15.8 Å². The number of anilines is 1. The van der Waals surface area contributed by atoms with Crippen LogP contribution >= 0.6 is 22.9 Å². The third kappa shape index (κ3) is 3.50. The second-order valence-corrected chi connectivity index (χ2v) is 5.47. The summed E-state index contributed by atoms with van der Waals surface area (Å²) in [6.07, 6.45) is 0. The van der Waals surface area contributed by atoms with Gasteiger partial charge in [-0.15, -0.1) is 11.3 Å². The van der Waals surface area contributed by atoms with Crippen LogP contribution in [0.5, 0.6) is 5.75 Å². The van der Waals surface area contributed by atoms with Gasteiger partial charge in [0, 0.05) is 9.90 Å². The van der Waals surface area contributed by atoms with Crippen molar-refractivity contribution in [1.82, 2.24) is 0 Å². The summed E-state index contributed by atoms with van der Waals surface area (Å²) in [5, 5.41) is 5.16. The van der Waals surface area contributed by atoms with Crippen LogP contribution < -0.4 is 15.8 Å². The number of amides is 1. The van der Waals surface area contributed by atoms with E-state index in [-0.39, 0.29) is 5.91 Å². The number of carbonyl (C=O) groups is 1. The summed E-state index contributed by atoms with van der Waals surface area (Å²) in [7, 11) is 0. The molecule has 0 radical (unpaired) electrons. The highest BCUT2D eigenvalue weighted by Gasteiger charge is 2.18. The highest BCUT2D eigenvalue weighted by Crippen LogP contribution is 2.29. The van der Waals surface area contributed by atoms with Crippen molar-refractivity contribution < 1.29 is 9.53 Å². The maximum absolute atomic E-state index is 12.2. The molecule has 0 aliphatic carbocycles. The molecular formula is C14H15ClN2O2S. The zero-order valence-corrected chi connectivity index (χ0v) is 12.5. The topological polar surface area (TPSA) is 64.3 Å². The Morgan fingerprint density at radius 2 is 2.30 bits per heavy atom. The predicted octanol–water partition coefficient (Wildman–Crippen LogP) is 3.44. The molecule has 0 aliphatic heterocycles. The van der Waals surface area contributed by atoms with Gasteiger partial charge in [-0.3, -0.25) is 4.79 Å². The van der Waals surface area contributed by atoms with Crippen molar-refractivity contribution >= 4 is 34.5 Å². The van der Waals surface area contributed by atoms with Crippen molar-refractivity contribution in [2.24, 2.45) is 5.73 Å². The Balaban J connectivity index is 2.16. The quantitative estimate of drug-likeness (QED) is 0.889. The largest absolute Gasteiger partial charge is 0.492 e. The van der Waals surface area contributed by atoms with Gasteiger partial charge in [-0.05, 0) is 36.6 Å². The lowest BCUT2D eigenvalue weighted by molar-refractivity contribution is -0.117. The summed E-state index contributed by atoms with van der Waals surface area (Å²) in [6.45, 7) is 2.37. The van der Waals surface area contributed by atoms with Crippen LogP contribution in [-0.2, 0) is 4.79 Å². The van der Waals surface area contributed by atoms with E-state index < -0.39 is 6.04 Å². The van der Waals surface area contributed by atoms with E-state index in [2.05, 4.69) is 5.32 Å². The zero-order valence-electron chi connectivity index (χ0n) is 10.9. The van der Waals surface area contributed by atoms with Gasteiger partial charge in [0.15, 0.2) is 0 Å². The molecule has 2 rings (SSSR count). The molecule has 0 spiro atoms. The number of hydrogen-bond acceptors (Lipinski definition) is 4. The Morgan fingerprint density at radius 1 is 1.50 bits per heavy atom. The van der Waals surface area contributed by atoms with Crippen molar-refractivity contribution in [3.05, 3.63) is 45.6 Å². The van der Waals surface area contributed by atoms with E-state index in [1.807, 2.05) is 24.4 Å². The number of hydrogen-bond donors (Lipinski definition) is 2. The third-order valence-electron chi connectivity index (χ3n) is 2.63. The maximum Gasteiger partial charge on any atom is 0.246 e. The number of thiophene rings is 1. The minimum absolute atomic E-state index is 0.296. The first-order valence-corrected chi connectivity index (χ1v) is 7.39. The van der Waals surface area contributed by atoms with E-state index in [4.69, 9.17) is 22.1 Å². The number of benzene rings is 1. The molecule has 1 aromatic carbocycles. The second-order valence-electron chi connectivity index (χ2n) is 4.06. The molecule has 4 nitrogen and oxygen atoms in total.